The van der Waals surface area contributed by atoms with Gasteiger partial charge in [-0.3, -0.25) is 19.3 Å². The first-order valence-electron chi connectivity index (χ1n) is 6.96. The molecule has 0 fully saturated rings. The summed E-state index contributed by atoms with van der Waals surface area (Å²) in [5.74, 6) is -1.13. The zero-order valence-corrected chi connectivity index (χ0v) is 13.0. The minimum atomic E-state index is -0.573. The third-order valence-corrected chi connectivity index (χ3v) is 2.58. The summed E-state index contributed by atoms with van der Waals surface area (Å²) in [6.45, 7) is 5.76. The van der Waals surface area contributed by atoms with Crippen LogP contribution in [0.5, 0.6) is 0 Å². The lowest BCUT2D eigenvalue weighted by atomic mass is 10.2. The van der Waals surface area contributed by atoms with Gasteiger partial charge in [-0.2, -0.15) is 0 Å². The van der Waals surface area contributed by atoms with Gasteiger partial charge in [0.2, 0.25) is 5.91 Å². The lowest BCUT2D eigenvalue weighted by Crippen LogP contribution is -2.39. The Bertz CT molecular complexity index is 475. The predicted molar refractivity (Wildman–Crippen MR) is 77.7 cm³/mol. The van der Waals surface area contributed by atoms with E-state index in [2.05, 4.69) is 10.6 Å². The summed E-state index contributed by atoms with van der Waals surface area (Å²) in [5, 5.41) is 5.08. The van der Waals surface area contributed by atoms with E-state index in [0.717, 1.165) is 4.90 Å². The zero-order chi connectivity index (χ0) is 16.8. The molecule has 8 nitrogen and oxygen atoms in total. The van der Waals surface area contributed by atoms with Crippen LogP contribution in [0.1, 0.15) is 27.2 Å². The molecule has 1 aliphatic rings. The lowest BCUT2D eigenvalue weighted by Gasteiger charge is -2.19. The molecular weight excluding hydrogens is 290 g/mol. The summed E-state index contributed by atoms with van der Waals surface area (Å²) >= 11 is 0. The zero-order valence-electron chi connectivity index (χ0n) is 13.0. The molecule has 0 spiro atoms. The second-order valence-electron chi connectivity index (χ2n) is 5.69. The van der Waals surface area contributed by atoms with Crippen molar-refractivity contribution in [2.45, 2.75) is 32.8 Å². The van der Waals surface area contributed by atoms with Crippen LogP contribution >= 0.6 is 0 Å². The van der Waals surface area contributed by atoms with Crippen molar-refractivity contribution in [3.8, 4) is 0 Å². The van der Waals surface area contributed by atoms with Gasteiger partial charge in [0.05, 0.1) is 0 Å². The maximum atomic E-state index is 11.6. The fourth-order valence-electron chi connectivity index (χ4n) is 1.63. The third kappa shape index (κ3) is 6.38. The summed E-state index contributed by atoms with van der Waals surface area (Å²) in [6, 6.07) is 0. The van der Waals surface area contributed by atoms with Gasteiger partial charge < -0.3 is 15.4 Å². The number of nitrogens with one attached hydrogen (secondary N) is 2. The molecule has 0 aromatic rings. The van der Waals surface area contributed by atoms with Crippen molar-refractivity contribution in [1.29, 1.82) is 0 Å². The van der Waals surface area contributed by atoms with Gasteiger partial charge in [-0.1, -0.05) is 0 Å². The van der Waals surface area contributed by atoms with Crippen molar-refractivity contribution in [3.63, 3.8) is 0 Å². The van der Waals surface area contributed by atoms with Crippen LogP contribution in [0.25, 0.3) is 0 Å². The molecule has 0 bridgehead atoms. The average Bonchev–Trinajstić information content (AvgIpc) is 2.70. The summed E-state index contributed by atoms with van der Waals surface area (Å²) in [5.41, 5.74) is -0.573. The largest absolute Gasteiger partial charge is 0.444 e. The molecule has 22 heavy (non-hydrogen) atoms. The molecule has 0 radical (unpaired) electrons. The molecule has 0 aliphatic carbocycles. The fourth-order valence-corrected chi connectivity index (χ4v) is 1.63. The quantitative estimate of drug-likeness (QED) is 0.528. The number of carbonyl (C=O) groups is 4. The van der Waals surface area contributed by atoms with Gasteiger partial charge in [-0.15, -0.1) is 0 Å². The van der Waals surface area contributed by atoms with Crippen LogP contribution in [0.4, 0.5) is 4.79 Å². The minimum absolute atomic E-state index is 0.0194. The van der Waals surface area contributed by atoms with Crippen molar-refractivity contribution in [3.05, 3.63) is 12.2 Å². The molecule has 0 saturated heterocycles. The first kappa shape index (κ1) is 17.7. The number of rotatable bonds is 6. The molecule has 0 aromatic heterocycles. The number of carbonyl (C=O) groups excluding carboxylic acids is 4. The SMILES string of the molecule is CC(C)(C)OC(=O)NCCNC(=O)CCN1C(=O)C=CC1=O. The van der Waals surface area contributed by atoms with E-state index in [-0.39, 0.29) is 32.0 Å². The minimum Gasteiger partial charge on any atom is -0.444 e. The highest BCUT2D eigenvalue weighted by molar-refractivity contribution is 6.13. The van der Waals surface area contributed by atoms with Crippen LogP contribution in [0.2, 0.25) is 0 Å². The number of imide groups is 1. The van der Waals surface area contributed by atoms with Crippen LogP contribution in [0.15, 0.2) is 12.2 Å². The Labute approximate surface area is 128 Å². The smallest absolute Gasteiger partial charge is 0.407 e. The van der Waals surface area contributed by atoms with E-state index >= 15 is 0 Å². The highest BCUT2D eigenvalue weighted by Crippen LogP contribution is 2.06. The topological polar surface area (TPSA) is 105 Å². The van der Waals surface area contributed by atoms with Crippen molar-refractivity contribution in [1.82, 2.24) is 15.5 Å². The third-order valence-electron chi connectivity index (χ3n) is 2.58. The molecule has 0 unspecified atom stereocenters. The lowest BCUT2D eigenvalue weighted by molar-refractivity contribution is -0.137. The van der Waals surface area contributed by atoms with Gasteiger partial charge >= 0.3 is 6.09 Å². The number of nitrogens with zero attached hydrogens (tertiary/aromatic N) is 1. The molecule has 1 heterocycles. The number of alkyl carbamates (subject to hydrolysis) is 1. The predicted octanol–water partition coefficient (Wildman–Crippen LogP) is -0.0576. The number of amides is 4. The van der Waals surface area contributed by atoms with Crippen molar-refractivity contribution in [2.75, 3.05) is 19.6 Å². The molecule has 0 atom stereocenters. The Balaban J connectivity index is 2.13. The standard InChI is InChI=1S/C14H21N3O5/c1-14(2,3)22-13(21)16-8-7-15-10(18)6-9-17-11(19)4-5-12(17)20/h4-5H,6-9H2,1-3H3,(H,15,18)(H,16,21). The highest BCUT2D eigenvalue weighted by Gasteiger charge is 2.23. The van der Waals surface area contributed by atoms with Crippen LogP contribution < -0.4 is 10.6 Å². The second-order valence-corrected chi connectivity index (χ2v) is 5.69. The fraction of sp³-hybridized carbons (Fsp3) is 0.571. The number of hydrogen-bond acceptors (Lipinski definition) is 5. The van der Waals surface area contributed by atoms with E-state index in [9.17, 15) is 19.2 Å². The van der Waals surface area contributed by atoms with Crippen LogP contribution in [-0.2, 0) is 19.1 Å². The molecular formula is C14H21N3O5. The van der Waals surface area contributed by atoms with Crippen LogP contribution in [-0.4, -0.2) is 54.0 Å². The van der Waals surface area contributed by atoms with Gasteiger partial charge in [0.15, 0.2) is 0 Å². The number of hydrogen-bond donors (Lipinski definition) is 2. The van der Waals surface area contributed by atoms with Gasteiger partial charge in [0.1, 0.15) is 5.60 Å². The van der Waals surface area contributed by atoms with Gasteiger partial charge in [0.25, 0.3) is 11.8 Å². The Hall–Kier alpha value is -2.38. The van der Waals surface area contributed by atoms with Gasteiger partial charge in [0, 0.05) is 38.2 Å². The maximum Gasteiger partial charge on any atom is 0.407 e. The summed E-state index contributed by atoms with van der Waals surface area (Å²) in [4.78, 5) is 46.4. The Kier molecular flexibility index (Phi) is 6.09. The van der Waals surface area contributed by atoms with Crippen molar-refractivity contribution >= 4 is 23.8 Å². The molecule has 1 rings (SSSR count). The molecule has 4 amide bonds. The molecule has 122 valence electrons. The Morgan fingerprint density at radius 3 is 2.18 bits per heavy atom. The monoisotopic (exact) mass is 311 g/mol. The first-order valence-corrected chi connectivity index (χ1v) is 6.96. The maximum absolute atomic E-state index is 11.6. The molecule has 8 heteroatoms. The van der Waals surface area contributed by atoms with Crippen molar-refractivity contribution < 1.29 is 23.9 Å². The van der Waals surface area contributed by atoms with E-state index in [4.69, 9.17) is 4.74 Å². The van der Waals surface area contributed by atoms with Gasteiger partial charge in [-0.25, -0.2) is 4.79 Å². The van der Waals surface area contributed by atoms with Crippen LogP contribution in [0.3, 0.4) is 0 Å². The molecule has 1 aliphatic heterocycles. The van der Waals surface area contributed by atoms with Gasteiger partial charge in [-0.05, 0) is 20.8 Å². The Morgan fingerprint density at radius 1 is 1.09 bits per heavy atom. The van der Waals surface area contributed by atoms with Crippen molar-refractivity contribution in [2.24, 2.45) is 0 Å². The summed E-state index contributed by atoms with van der Waals surface area (Å²) in [6.07, 6.45) is 1.81. The normalized spacial score (nSPS) is 14.2. The summed E-state index contributed by atoms with van der Waals surface area (Å²) in [7, 11) is 0. The highest BCUT2D eigenvalue weighted by atomic mass is 16.6. The molecule has 2 N–H and O–H groups in total. The molecule has 0 saturated carbocycles. The van der Waals surface area contributed by atoms with E-state index in [0.29, 0.717) is 0 Å². The van der Waals surface area contributed by atoms with E-state index < -0.39 is 23.5 Å². The summed E-state index contributed by atoms with van der Waals surface area (Å²) < 4.78 is 5.03. The number of ether oxygens (including phenoxy) is 1. The van der Waals surface area contributed by atoms with Crippen LogP contribution in [0, 0.1) is 0 Å². The van der Waals surface area contributed by atoms with E-state index in [1.165, 1.54) is 12.2 Å². The molecule has 0 aromatic carbocycles. The second kappa shape index (κ2) is 7.58. The van der Waals surface area contributed by atoms with E-state index in [1.807, 2.05) is 0 Å². The average molecular weight is 311 g/mol. The Morgan fingerprint density at radius 2 is 1.64 bits per heavy atom. The first-order chi connectivity index (χ1) is 10.2. The van der Waals surface area contributed by atoms with E-state index in [1.54, 1.807) is 20.8 Å².